The molecule has 1 aliphatic rings. The van der Waals surface area contributed by atoms with Crippen molar-refractivity contribution in [3.05, 3.63) is 29.8 Å². The molecule has 1 aromatic rings. The highest BCUT2D eigenvalue weighted by atomic mass is 16.5. The first-order chi connectivity index (χ1) is 9.20. The second kappa shape index (κ2) is 6.57. The number of rotatable bonds is 6. The Hall–Kier alpha value is -1.55. The van der Waals surface area contributed by atoms with Crippen molar-refractivity contribution in [1.29, 1.82) is 0 Å². The molecular formula is C15H22N2O2. The fourth-order valence-electron chi connectivity index (χ4n) is 2.27. The van der Waals surface area contributed by atoms with Crippen molar-refractivity contribution in [1.82, 2.24) is 5.32 Å². The van der Waals surface area contributed by atoms with Gasteiger partial charge in [-0.15, -0.1) is 0 Å². The maximum Gasteiger partial charge on any atom is 0.237 e. The van der Waals surface area contributed by atoms with Gasteiger partial charge in [0.15, 0.2) is 0 Å². The lowest BCUT2D eigenvalue weighted by Gasteiger charge is -2.15. The summed E-state index contributed by atoms with van der Waals surface area (Å²) in [5.74, 6) is 0.852. The van der Waals surface area contributed by atoms with Crippen LogP contribution in [-0.4, -0.2) is 24.6 Å². The van der Waals surface area contributed by atoms with Gasteiger partial charge in [0.05, 0.1) is 12.6 Å². The zero-order valence-electron chi connectivity index (χ0n) is 11.4. The number of benzene rings is 1. The molecule has 4 heteroatoms. The molecule has 0 saturated heterocycles. The average molecular weight is 262 g/mol. The molecule has 0 saturated carbocycles. The molecule has 2 rings (SSSR count). The highest BCUT2D eigenvalue weighted by molar-refractivity contribution is 5.81. The van der Waals surface area contributed by atoms with Crippen molar-refractivity contribution in [2.45, 2.75) is 44.8 Å². The molecule has 4 nitrogen and oxygen atoms in total. The molecular weight excluding hydrogens is 240 g/mol. The van der Waals surface area contributed by atoms with E-state index in [1.54, 1.807) is 0 Å². The predicted molar refractivity (Wildman–Crippen MR) is 75.1 cm³/mol. The van der Waals surface area contributed by atoms with Crippen LogP contribution >= 0.6 is 0 Å². The first kappa shape index (κ1) is 13.9. The Bertz CT molecular complexity index is 409. The summed E-state index contributed by atoms with van der Waals surface area (Å²) < 4.78 is 5.76. The fourth-order valence-corrected chi connectivity index (χ4v) is 2.27. The van der Waals surface area contributed by atoms with E-state index in [9.17, 15) is 4.79 Å². The number of unbranched alkanes of at least 4 members (excludes halogenated alkanes) is 1. The standard InChI is InChI=1S/C15H22N2O2/c1-2-3-7-13(16)15(18)17-10-12-9-11-6-4-5-8-14(11)19-12/h4-6,8,12-13H,2-3,7,9-10,16H2,1H3,(H,17,18). The van der Waals surface area contributed by atoms with Crippen molar-refractivity contribution < 1.29 is 9.53 Å². The van der Waals surface area contributed by atoms with Gasteiger partial charge >= 0.3 is 0 Å². The molecule has 1 amide bonds. The van der Waals surface area contributed by atoms with Gasteiger partial charge in [0.1, 0.15) is 11.9 Å². The van der Waals surface area contributed by atoms with Crippen LogP contribution in [0.1, 0.15) is 31.7 Å². The van der Waals surface area contributed by atoms with E-state index < -0.39 is 6.04 Å². The number of nitrogens with two attached hydrogens (primary N) is 1. The summed E-state index contributed by atoms with van der Waals surface area (Å²) in [5.41, 5.74) is 7.02. The highest BCUT2D eigenvalue weighted by Gasteiger charge is 2.23. The molecule has 2 atom stereocenters. The summed E-state index contributed by atoms with van der Waals surface area (Å²) in [6.45, 7) is 2.61. The third kappa shape index (κ3) is 3.70. The van der Waals surface area contributed by atoms with Crippen molar-refractivity contribution in [2.75, 3.05) is 6.54 Å². The normalized spacial score (nSPS) is 18.5. The number of hydrogen-bond donors (Lipinski definition) is 2. The summed E-state index contributed by atoms with van der Waals surface area (Å²) in [4.78, 5) is 11.8. The minimum atomic E-state index is -0.399. The Kier molecular flexibility index (Phi) is 4.80. The number of ether oxygens (including phenoxy) is 1. The molecule has 19 heavy (non-hydrogen) atoms. The van der Waals surface area contributed by atoms with Gasteiger partial charge in [0.2, 0.25) is 5.91 Å². The Labute approximate surface area is 114 Å². The molecule has 1 heterocycles. The lowest BCUT2D eigenvalue weighted by molar-refractivity contribution is -0.122. The number of carbonyl (C=O) groups is 1. The van der Waals surface area contributed by atoms with Crippen molar-refractivity contribution >= 4 is 5.91 Å². The van der Waals surface area contributed by atoms with E-state index in [-0.39, 0.29) is 12.0 Å². The first-order valence-electron chi connectivity index (χ1n) is 6.98. The Morgan fingerprint density at radius 2 is 2.32 bits per heavy atom. The lowest BCUT2D eigenvalue weighted by Crippen LogP contribution is -2.44. The third-order valence-electron chi connectivity index (χ3n) is 3.42. The van der Waals surface area contributed by atoms with E-state index in [1.807, 2.05) is 18.2 Å². The van der Waals surface area contributed by atoms with Crippen LogP contribution in [0.25, 0.3) is 0 Å². The number of fused-ring (bicyclic) bond motifs is 1. The maximum absolute atomic E-state index is 11.8. The molecule has 1 aliphatic heterocycles. The lowest BCUT2D eigenvalue weighted by atomic mass is 10.1. The van der Waals surface area contributed by atoms with Gasteiger partial charge in [0.25, 0.3) is 0 Å². The van der Waals surface area contributed by atoms with Gasteiger partial charge < -0.3 is 15.8 Å². The van der Waals surface area contributed by atoms with Crippen LogP contribution in [-0.2, 0) is 11.2 Å². The monoisotopic (exact) mass is 262 g/mol. The zero-order chi connectivity index (χ0) is 13.7. The Morgan fingerprint density at radius 1 is 1.53 bits per heavy atom. The average Bonchev–Trinajstić information content (AvgIpc) is 2.84. The number of carbonyl (C=O) groups excluding carboxylic acids is 1. The third-order valence-corrected chi connectivity index (χ3v) is 3.42. The van der Waals surface area contributed by atoms with E-state index in [4.69, 9.17) is 10.5 Å². The number of nitrogens with one attached hydrogen (secondary N) is 1. The van der Waals surface area contributed by atoms with E-state index in [0.29, 0.717) is 6.54 Å². The summed E-state index contributed by atoms with van der Waals surface area (Å²) in [6.07, 6.45) is 3.66. The van der Waals surface area contributed by atoms with Gasteiger partial charge in [-0.3, -0.25) is 4.79 Å². The molecule has 0 aliphatic carbocycles. The smallest absolute Gasteiger partial charge is 0.237 e. The summed E-state index contributed by atoms with van der Waals surface area (Å²) in [5, 5.41) is 2.88. The first-order valence-corrected chi connectivity index (χ1v) is 6.98. The van der Waals surface area contributed by atoms with Crippen LogP contribution in [0.4, 0.5) is 0 Å². The molecule has 0 spiro atoms. The van der Waals surface area contributed by atoms with Crippen LogP contribution in [0.2, 0.25) is 0 Å². The van der Waals surface area contributed by atoms with Crippen LogP contribution < -0.4 is 15.8 Å². The molecule has 0 radical (unpaired) electrons. The highest BCUT2D eigenvalue weighted by Crippen LogP contribution is 2.27. The molecule has 2 unspecified atom stereocenters. The molecule has 0 fully saturated rings. The van der Waals surface area contributed by atoms with Crippen LogP contribution in [0.3, 0.4) is 0 Å². The zero-order valence-corrected chi connectivity index (χ0v) is 11.4. The van der Waals surface area contributed by atoms with Crippen molar-refractivity contribution in [3.8, 4) is 5.75 Å². The van der Waals surface area contributed by atoms with Crippen molar-refractivity contribution in [3.63, 3.8) is 0 Å². The molecule has 104 valence electrons. The second-order valence-corrected chi connectivity index (χ2v) is 5.05. The maximum atomic E-state index is 11.8. The number of para-hydroxylation sites is 1. The van der Waals surface area contributed by atoms with Crippen LogP contribution in [0.5, 0.6) is 5.75 Å². The van der Waals surface area contributed by atoms with E-state index >= 15 is 0 Å². The van der Waals surface area contributed by atoms with E-state index in [2.05, 4.69) is 18.3 Å². The second-order valence-electron chi connectivity index (χ2n) is 5.05. The minimum absolute atomic E-state index is 0.0275. The summed E-state index contributed by atoms with van der Waals surface area (Å²) >= 11 is 0. The SMILES string of the molecule is CCCCC(N)C(=O)NCC1Cc2ccccc2O1. The van der Waals surface area contributed by atoms with Crippen LogP contribution in [0.15, 0.2) is 24.3 Å². The van der Waals surface area contributed by atoms with Crippen molar-refractivity contribution in [2.24, 2.45) is 5.73 Å². The molecule has 0 bridgehead atoms. The predicted octanol–water partition coefficient (Wildman–Crippen LogP) is 1.62. The van der Waals surface area contributed by atoms with Gasteiger partial charge in [-0.1, -0.05) is 38.0 Å². The largest absolute Gasteiger partial charge is 0.488 e. The number of amides is 1. The van der Waals surface area contributed by atoms with Crippen LogP contribution in [0, 0.1) is 0 Å². The van der Waals surface area contributed by atoms with E-state index in [1.165, 1.54) is 5.56 Å². The summed E-state index contributed by atoms with van der Waals surface area (Å²) in [6, 6.07) is 7.59. The van der Waals surface area contributed by atoms with Gasteiger partial charge in [-0.05, 0) is 18.1 Å². The Balaban J connectivity index is 1.74. The van der Waals surface area contributed by atoms with Gasteiger partial charge in [0, 0.05) is 6.42 Å². The van der Waals surface area contributed by atoms with Gasteiger partial charge in [-0.25, -0.2) is 0 Å². The molecule has 3 N–H and O–H groups in total. The number of hydrogen-bond acceptors (Lipinski definition) is 3. The Morgan fingerprint density at radius 3 is 3.05 bits per heavy atom. The quantitative estimate of drug-likeness (QED) is 0.819. The molecule has 1 aromatic carbocycles. The fraction of sp³-hybridized carbons (Fsp3) is 0.533. The molecule has 0 aromatic heterocycles. The van der Waals surface area contributed by atoms with E-state index in [0.717, 1.165) is 31.4 Å². The minimum Gasteiger partial charge on any atom is -0.488 e. The summed E-state index contributed by atoms with van der Waals surface area (Å²) in [7, 11) is 0. The van der Waals surface area contributed by atoms with Gasteiger partial charge in [-0.2, -0.15) is 0 Å². The topological polar surface area (TPSA) is 64.4 Å².